The molecule has 0 aliphatic carbocycles. The fourth-order valence-corrected chi connectivity index (χ4v) is 2.17. The number of halogens is 1. The van der Waals surface area contributed by atoms with Crippen molar-refractivity contribution in [1.82, 2.24) is 5.43 Å². The molecule has 10 heteroatoms. The number of nitrogens with one attached hydrogen (secondary N) is 2. The molecule has 0 aliphatic rings. The number of hydrogen-bond acceptors (Lipinski definition) is 7. The van der Waals surface area contributed by atoms with Gasteiger partial charge in [-0.3, -0.25) is 9.59 Å². The van der Waals surface area contributed by atoms with Crippen LogP contribution < -0.4 is 25.3 Å². The molecule has 0 saturated heterocycles. The molecule has 0 fully saturated rings. The monoisotopic (exact) mass is 404 g/mol. The van der Waals surface area contributed by atoms with Crippen molar-refractivity contribution in [3.63, 3.8) is 0 Å². The highest BCUT2D eigenvalue weighted by Crippen LogP contribution is 2.24. The Balaban J connectivity index is 1.88. The number of carbonyl (C=O) groups excluding carboxylic acids is 3. The lowest BCUT2D eigenvalue weighted by Gasteiger charge is -2.08. The molecule has 0 heterocycles. The number of anilines is 1. The summed E-state index contributed by atoms with van der Waals surface area (Å²) in [6.07, 6.45) is 1.26. The Morgan fingerprint density at radius 1 is 1.14 bits per heavy atom. The maximum atomic E-state index is 11.8. The van der Waals surface area contributed by atoms with Crippen molar-refractivity contribution in [3.8, 4) is 11.5 Å². The fourth-order valence-electron chi connectivity index (χ4n) is 1.93. The van der Waals surface area contributed by atoms with Crippen LogP contribution >= 0.6 is 11.6 Å². The number of benzene rings is 2. The third-order valence-electron chi connectivity index (χ3n) is 3.24. The Hall–Kier alpha value is -3.59. The van der Waals surface area contributed by atoms with Crippen LogP contribution in [0.3, 0.4) is 0 Å². The van der Waals surface area contributed by atoms with Gasteiger partial charge in [0, 0.05) is 5.69 Å². The number of nitrogens with zero attached hydrogens (tertiary/aromatic N) is 1. The summed E-state index contributed by atoms with van der Waals surface area (Å²) in [6.45, 7) is -0.632. The summed E-state index contributed by atoms with van der Waals surface area (Å²) in [5, 5.41) is 16.6. The summed E-state index contributed by atoms with van der Waals surface area (Å²) in [7, 11) is 1.51. The molecular weight excluding hydrogens is 390 g/mol. The topological polar surface area (TPSA) is 129 Å². The molecule has 0 radical (unpaired) electrons. The molecule has 2 aromatic carbocycles. The quantitative estimate of drug-likeness (QED) is 0.394. The molecule has 0 unspecified atom stereocenters. The second-order valence-electron chi connectivity index (χ2n) is 5.23. The lowest BCUT2D eigenvalue weighted by atomic mass is 10.2. The van der Waals surface area contributed by atoms with Crippen LogP contribution in [-0.4, -0.2) is 37.7 Å². The maximum absolute atomic E-state index is 11.8. The highest BCUT2D eigenvalue weighted by Gasteiger charge is 2.12. The van der Waals surface area contributed by atoms with Crippen LogP contribution in [0.15, 0.2) is 47.6 Å². The highest BCUT2D eigenvalue weighted by atomic mass is 35.5. The van der Waals surface area contributed by atoms with Crippen molar-refractivity contribution in [3.05, 3.63) is 53.1 Å². The van der Waals surface area contributed by atoms with Gasteiger partial charge in [0.2, 0.25) is 0 Å². The SMILES string of the molecule is COc1ccc(NC(=O)C(=O)N/N=C\c2ccc(OCC(=O)[O-])c(Cl)c2)cc1. The lowest BCUT2D eigenvalue weighted by molar-refractivity contribution is -0.307. The molecule has 2 aromatic rings. The first kappa shape index (κ1) is 20.7. The van der Waals surface area contributed by atoms with Crippen molar-refractivity contribution < 1.29 is 29.0 Å². The standard InChI is InChI=1S/C18H16ClN3O6/c1-27-13-5-3-12(4-6-13)21-17(25)18(26)22-20-9-11-2-7-15(14(19)8-11)28-10-16(23)24/h2-9H,10H2,1H3,(H,21,25)(H,22,26)(H,23,24)/p-1/b20-9-. The van der Waals surface area contributed by atoms with E-state index in [-0.39, 0.29) is 10.8 Å². The zero-order chi connectivity index (χ0) is 20.5. The minimum absolute atomic E-state index is 0.147. The largest absolute Gasteiger partial charge is 0.546 e. The number of hydrazone groups is 1. The summed E-state index contributed by atoms with van der Waals surface area (Å²) in [5.74, 6) is -2.47. The molecule has 0 atom stereocenters. The van der Waals surface area contributed by atoms with Gasteiger partial charge in [-0.15, -0.1) is 0 Å². The average Bonchev–Trinajstić information content (AvgIpc) is 2.67. The Bertz CT molecular complexity index is 899. The van der Waals surface area contributed by atoms with Gasteiger partial charge in [-0.1, -0.05) is 11.6 Å². The minimum atomic E-state index is -1.38. The van der Waals surface area contributed by atoms with E-state index in [9.17, 15) is 19.5 Å². The van der Waals surface area contributed by atoms with Crippen molar-refractivity contribution >= 4 is 41.3 Å². The van der Waals surface area contributed by atoms with Crippen LogP contribution in [0.25, 0.3) is 0 Å². The molecule has 2 rings (SSSR count). The summed E-state index contributed by atoms with van der Waals surface area (Å²) in [4.78, 5) is 34.0. The first-order valence-corrected chi connectivity index (χ1v) is 8.17. The van der Waals surface area contributed by atoms with Crippen LogP contribution in [0.5, 0.6) is 11.5 Å². The number of rotatable bonds is 7. The molecule has 146 valence electrons. The zero-order valence-corrected chi connectivity index (χ0v) is 15.4. The molecule has 9 nitrogen and oxygen atoms in total. The van der Waals surface area contributed by atoms with Gasteiger partial charge in [0.1, 0.15) is 18.1 Å². The number of amides is 2. The molecule has 0 saturated carbocycles. The van der Waals surface area contributed by atoms with E-state index in [0.717, 1.165) is 0 Å². The number of aliphatic carboxylic acids is 1. The Morgan fingerprint density at radius 2 is 1.86 bits per heavy atom. The molecule has 2 amide bonds. The zero-order valence-electron chi connectivity index (χ0n) is 14.6. The predicted octanol–water partition coefficient (Wildman–Crippen LogP) is 0.566. The molecule has 0 spiro atoms. The predicted molar refractivity (Wildman–Crippen MR) is 99.3 cm³/mol. The number of methoxy groups -OCH3 is 1. The van der Waals surface area contributed by atoms with E-state index in [0.29, 0.717) is 17.0 Å². The first-order chi connectivity index (χ1) is 13.4. The van der Waals surface area contributed by atoms with E-state index in [4.69, 9.17) is 21.1 Å². The van der Waals surface area contributed by atoms with Crippen molar-refractivity contribution in [2.24, 2.45) is 5.10 Å². The average molecular weight is 405 g/mol. The van der Waals surface area contributed by atoms with Gasteiger partial charge in [0.15, 0.2) is 0 Å². The van der Waals surface area contributed by atoms with Crippen molar-refractivity contribution in [2.45, 2.75) is 0 Å². The molecule has 0 bridgehead atoms. The van der Waals surface area contributed by atoms with Gasteiger partial charge in [-0.05, 0) is 48.0 Å². The van der Waals surface area contributed by atoms with Crippen LogP contribution in [-0.2, 0) is 14.4 Å². The molecule has 0 aliphatic heterocycles. The van der Waals surface area contributed by atoms with Crippen molar-refractivity contribution in [1.29, 1.82) is 0 Å². The van der Waals surface area contributed by atoms with Crippen molar-refractivity contribution in [2.75, 3.05) is 19.0 Å². The number of ether oxygens (including phenoxy) is 2. The number of carboxylic acids is 1. The fraction of sp³-hybridized carbons (Fsp3) is 0.111. The second kappa shape index (κ2) is 9.93. The van der Waals surface area contributed by atoms with Crippen LogP contribution in [0.4, 0.5) is 5.69 Å². The van der Waals surface area contributed by atoms with Gasteiger partial charge in [-0.2, -0.15) is 5.10 Å². The summed E-state index contributed by atoms with van der Waals surface area (Å²) < 4.78 is 9.93. The van der Waals surface area contributed by atoms with E-state index < -0.39 is 24.4 Å². The third kappa shape index (κ3) is 6.29. The van der Waals surface area contributed by atoms with Gasteiger partial charge < -0.3 is 24.7 Å². The summed E-state index contributed by atoms with van der Waals surface area (Å²) in [5.41, 5.74) is 2.99. The Labute approximate surface area is 164 Å². The molecule has 0 aromatic heterocycles. The van der Waals surface area contributed by atoms with E-state index in [2.05, 4.69) is 15.8 Å². The van der Waals surface area contributed by atoms with E-state index in [1.54, 1.807) is 24.3 Å². The molecule has 2 N–H and O–H groups in total. The molecule has 28 heavy (non-hydrogen) atoms. The number of carbonyl (C=O) groups is 3. The number of carboxylic acid groups (broad SMARTS) is 1. The minimum Gasteiger partial charge on any atom is -0.546 e. The lowest BCUT2D eigenvalue weighted by Crippen LogP contribution is -2.32. The molecular formula is C18H15ClN3O6-. The van der Waals surface area contributed by atoms with E-state index in [1.165, 1.54) is 31.5 Å². The smallest absolute Gasteiger partial charge is 0.329 e. The van der Waals surface area contributed by atoms with Crippen LogP contribution in [0.1, 0.15) is 5.56 Å². The van der Waals surface area contributed by atoms with Crippen LogP contribution in [0.2, 0.25) is 5.02 Å². The number of hydrogen-bond donors (Lipinski definition) is 2. The second-order valence-corrected chi connectivity index (χ2v) is 5.64. The summed E-state index contributed by atoms with van der Waals surface area (Å²) >= 11 is 5.96. The van der Waals surface area contributed by atoms with Crippen LogP contribution in [0, 0.1) is 0 Å². The first-order valence-electron chi connectivity index (χ1n) is 7.79. The highest BCUT2D eigenvalue weighted by molar-refractivity contribution is 6.39. The van der Waals surface area contributed by atoms with Gasteiger partial charge >= 0.3 is 11.8 Å². The Kier molecular flexibility index (Phi) is 7.35. The maximum Gasteiger partial charge on any atom is 0.329 e. The van der Waals surface area contributed by atoms with Gasteiger partial charge in [0.25, 0.3) is 0 Å². The van der Waals surface area contributed by atoms with Gasteiger partial charge in [0.05, 0.1) is 24.3 Å². The Morgan fingerprint density at radius 3 is 2.46 bits per heavy atom. The normalized spacial score (nSPS) is 10.4. The van der Waals surface area contributed by atoms with Gasteiger partial charge in [-0.25, -0.2) is 5.43 Å². The van der Waals surface area contributed by atoms with E-state index in [1.807, 2.05) is 0 Å². The van der Waals surface area contributed by atoms with E-state index >= 15 is 0 Å². The summed E-state index contributed by atoms with van der Waals surface area (Å²) in [6, 6.07) is 10.8. The third-order valence-corrected chi connectivity index (χ3v) is 3.53.